The monoisotopic (exact) mass is 439 g/mol. The van der Waals surface area contributed by atoms with Crippen LogP contribution in [0.1, 0.15) is 37.8 Å². The summed E-state index contributed by atoms with van der Waals surface area (Å²) in [6.45, 7) is 8.36. The van der Waals surface area contributed by atoms with Crippen LogP contribution in [0.5, 0.6) is 17.2 Å². The number of hydrogen-bond acceptors (Lipinski definition) is 6. The average Bonchev–Trinajstić information content (AvgIpc) is 2.77. The summed E-state index contributed by atoms with van der Waals surface area (Å²) in [5.74, 6) is 0.457. The maximum Gasteiger partial charge on any atom is 0.240 e. The summed E-state index contributed by atoms with van der Waals surface area (Å²) in [6, 6.07) is 10.4. The van der Waals surface area contributed by atoms with E-state index in [0.717, 1.165) is 5.75 Å². The van der Waals surface area contributed by atoms with Crippen LogP contribution < -0.4 is 20.2 Å². The second-order valence-electron chi connectivity index (χ2n) is 6.75. The largest absolute Gasteiger partial charge is 0.504 e. The number of ether oxygens (including phenoxy) is 2. The van der Waals surface area contributed by atoms with Crippen LogP contribution in [0.4, 0.5) is 5.69 Å². The number of allylic oxidation sites excluding steroid dienone is 1. The van der Waals surface area contributed by atoms with Gasteiger partial charge in [-0.1, -0.05) is 6.08 Å². The minimum absolute atomic E-state index is 0.0122. The highest BCUT2D eigenvalue weighted by Gasteiger charge is 2.10. The Kier molecular flexibility index (Phi) is 9.77. The van der Waals surface area contributed by atoms with Gasteiger partial charge in [0, 0.05) is 24.1 Å². The van der Waals surface area contributed by atoms with Crippen LogP contribution in [0.2, 0.25) is 0 Å². The van der Waals surface area contributed by atoms with Gasteiger partial charge in [-0.2, -0.15) is 5.10 Å². The smallest absolute Gasteiger partial charge is 0.240 e. The van der Waals surface area contributed by atoms with Gasteiger partial charge in [0.15, 0.2) is 11.5 Å². The average molecular weight is 440 g/mol. The Hall–Kier alpha value is -3.81. The van der Waals surface area contributed by atoms with Gasteiger partial charge in [-0.05, 0) is 62.2 Å². The van der Waals surface area contributed by atoms with Gasteiger partial charge < -0.3 is 19.9 Å². The molecule has 2 amide bonds. The molecule has 0 aliphatic carbocycles. The number of nitrogens with zero attached hydrogens (tertiary/aromatic N) is 1. The van der Waals surface area contributed by atoms with Crippen LogP contribution in [0.15, 0.2) is 54.2 Å². The number of hydrazone groups is 1. The Morgan fingerprint density at radius 3 is 2.41 bits per heavy atom. The number of amides is 2. The van der Waals surface area contributed by atoms with Crippen LogP contribution in [0, 0.1) is 0 Å². The Balaban J connectivity index is 1.85. The van der Waals surface area contributed by atoms with Crippen LogP contribution in [0.25, 0.3) is 0 Å². The fourth-order valence-electron chi connectivity index (χ4n) is 2.83. The molecule has 0 aliphatic heterocycles. The number of rotatable bonds is 12. The first-order valence-corrected chi connectivity index (χ1v) is 10.4. The quantitative estimate of drug-likeness (QED) is 0.265. The third kappa shape index (κ3) is 7.79. The van der Waals surface area contributed by atoms with E-state index in [1.165, 1.54) is 6.21 Å². The normalized spacial score (nSPS) is 10.6. The van der Waals surface area contributed by atoms with Crippen molar-refractivity contribution in [2.24, 2.45) is 5.10 Å². The van der Waals surface area contributed by atoms with Crippen molar-refractivity contribution in [3.05, 3.63) is 60.2 Å². The molecule has 0 bridgehead atoms. The van der Waals surface area contributed by atoms with E-state index in [4.69, 9.17) is 9.47 Å². The first-order chi connectivity index (χ1) is 15.5. The van der Waals surface area contributed by atoms with E-state index < -0.39 is 5.91 Å². The molecule has 0 atom stereocenters. The number of carbonyl (C=O) groups excluding carboxylic acids is 2. The van der Waals surface area contributed by atoms with E-state index in [0.29, 0.717) is 42.2 Å². The van der Waals surface area contributed by atoms with Crippen molar-refractivity contribution in [3.63, 3.8) is 0 Å². The van der Waals surface area contributed by atoms with Crippen molar-refractivity contribution < 1.29 is 24.2 Å². The van der Waals surface area contributed by atoms with Gasteiger partial charge in [0.25, 0.3) is 0 Å². The van der Waals surface area contributed by atoms with Gasteiger partial charge in [-0.15, -0.1) is 6.58 Å². The zero-order valence-corrected chi connectivity index (χ0v) is 18.4. The van der Waals surface area contributed by atoms with Crippen molar-refractivity contribution in [1.29, 1.82) is 0 Å². The highest BCUT2D eigenvalue weighted by molar-refractivity contribution is 5.93. The highest BCUT2D eigenvalue weighted by atomic mass is 16.5. The molecule has 0 aromatic heterocycles. The molecular formula is C24H29N3O5. The third-order valence-electron chi connectivity index (χ3n) is 4.27. The second-order valence-corrected chi connectivity index (χ2v) is 6.75. The molecule has 0 unspecified atom stereocenters. The topological polar surface area (TPSA) is 109 Å². The number of phenols is 1. The molecule has 32 heavy (non-hydrogen) atoms. The fraction of sp³-hybridized carbons (Fsp3) is 0.292. The minimum Gasteiger partial charge on any atom is -0.504 e. The zero-order valence-electron chi connectivity index (χ0n) is 18.4. The molecule has 0 heterocycles. The zero-order chi connectivity index (χ0) is 23.3. The van der Waals surface area contributed by atoms with E-state index in [-0.39, 0.29) is 24.5 Å². The van der Waals surface area contributed by atoms with Gasteiger partial charge in [-0.3, -0.25) is 9.59 Å². The van der Waals surface area contributed by atoms with Gasteiger partial charge in [0.1, 0.15) is 5.75 Å². The Labute approximate surface area is 187 Å². The van der Waals surface area contributed by atoms with E-state index >= 15 is 0 Å². The summed E-state index contributed by atoms with van der Waals surface area (Å²) < 4.78 is 10.8. The summed E-state index contributed by atoms with van der Waals surface area (Å²) in [7, 11) is 0. The molecule has 0 spiro atoms. The number of benzene rings is 2. The Morgan fingerprint density at radius 1 is 1.06 bits per heavy atom. The number of aromatic hydroxyl groups is 1. The highest BCUT2D eigenvalue weighted by Crippen LogP contribution is 2.31. The lowest BCUT2D eigenvalue weighted by atomic mass is 10.1. The predicted molar refractivity (Wildman–Crippen MR) is 124 cm³/mol. The molecule has 0 radical (unpaired) electrons. The number of nitrogens with one attached hydrogen (secondary N) is 2. The van der Waals surface area contributed by atoms with Gasteiger partial charge >= 0.3 is 0 Å². The van der Waals surface area contributed by atoms with Crippen molar-refractivity contribution in [2.75, 3.05) is 18.5 Å². The van der Waals surface area contributed by atoms with Crippen molar-refractivity contribution in [1.82, 2.24) is 5.43 Å². The molecular weight excluding hydrogens is 410 g/mol. The lowest BCUT2D eigenvalue weighted by Crippen LogP contribution is -2.20. The molecule has 2 aromatic carbocycles. The molecule has 8 nitrogen and oxygen atoms in total. The predicted octanol–water partition coefficient (Wildman–Crippen LogP) is 3.79. The first kappa shape index (κ1) is 24.5. The maximum atomic E-state index is 12.0. The standard InChI is InChI=1S/C24H29N3O5/c1-4-7-18-14-17(15-21(24(18)30)32-6-3)16-25-27-23(29)13-12-22(28)26-19-8-10-20(11-9-19)31-5-2/h4,8-11,14-16,30H,1,5-7,12-13H2,2-3H3,(H,26,28)(H,27,29)/b25-16+. The second kappa shape index (κ2) is 12.8. The summed E-state index contributed by atoms with van der Waals surface area (Å²) in [6.07, 6.45) is 3.59. The number of carbonyl (C=O) groups is 2. The van der Waals surface area contributed by atoms with Gasteiger partial charge in [0.2, 0.25) is 11.8 Å². The maximum absolute atomic E-state index is 12.0. The van der Waals surface area contributed by atoms with Gasteiger partial charge in [0.05, 0.1) is 19.4 Å². The number of hydrogen-bond donors (Lipinski definition) is 3. The molecule has 2 aromatic rings. The van der Waals surface area contributed by atoms with Gasteiger partial charge in [-0.25, -0.2) is 5.43 Å². The number of phenolic OH excluding ortho intramolecular Hbond substituents is 1. The summed E-state index contributed by atoms with van der Waals surface area (Å²) in [4.78, 5) is 24.0. The lowest BCUT2D eigenvalue weighted by molar-refractivity contribution is -0.124. The summed E-state index contributed by atoms with van der Waals surface area (Å²) >= 11 is 0. The minimum atomic E-state index is -0.391. The van der Waals surface area contributed by atoms with Crippen LogP contribution in [0.3, 0.4) is 0 Å². The van der Waals surface area contributed by atoms with E-state index in [2.05, 4.69) is 22.4 Å². The summed E-state index contributed by atoms with van der Waals surface area (Å²) in [5, 5.41) is 16.9. The molecule has 0 aliphatic rings. The number of anilines is 1. The lowest BCUT2D eigenvalue weighted by Gasteiger charge is -2.10. The first-order valence-electron chi connectivity index (χ1n) is 10.4. The molecule has 0 fully saturated rings. The molecule has 0 saturated carbocycles. The van der Waals surface area contributed by atoms with Crippen LogP contribution in [-0.4, -0.2) is 36.3 Å². The Bertz CT molecular complexity index is 955. The molecule has 0 saturated heterocycles. The molecule has 170 valence electrons. The van der Waals surface area contributed by atoms with E-state index in [1.54, 1.807) is 42.5 Å². The van der Waals surface area contributed by atoms with E-state index in [9.17, 15) is 14.7 Å². The van der Waals surface area contributed by atoms with Crippen molar-refractivity contribution in [3.8, 4) is 17.2 Å². The molecule has 2 rings (SSSR count). The fourth-order valence-corrected chi connectivity index (χ4v) is 2.83. The third-order valence-corrected chi connectivity index (χ3v) is 4.27. The molecule has 3 N–H and O–H groups in total. The van der Waals surface area contributed by atoms with E-state index in [1.807, 2.05) is 13.8 Å². The SMILES string of the molecule is C=CCc1cc(/C=N/NC(=O)CCC(=O)Nc2ccc(OCC)cc2)cc(OCC)c1O. The van der Waals surface area contributed by atoms with Crippen LogP contribution >= 0.6 is 0 Å². The summed E-state index contributed by atoms with van der Waals surface area (Å²) in [5.41, 5.74) is 4.32. The molecule has 8 heteroatoms. The van der Waals surface area contributed by atoms with Crippen molar-refractivity contribution >= 4 is 23.7 Å². The Morgan fingerprint density at radius 2 is 1.75 bits per heavy atom. The van der Waals surface area contributed by atoms with Crippen molar-refractivity contribution in [2.45, 2.75) is 33.1 Å². The van der Waals surface area contributed by atoms with Crippen LogP contribution in [-0.2, 0) is 16.0 Å².